The zero-order valence-corrected chi connectivity index (χ0v) is 14.2. The molecule has 1 fully saturated rings. The number of amides is 1. The first-order valence-corrected chi connectivity index (χ1v) is 8.50. The van der Waals surface area contributed by atoms with E-state index in [1.165, 1.54) is 0 Å². The highest BCUT2D eigenvalue weighted by atomic mass is 16.2. The fourth-order valence-electron chi connectivity index (χ4n) is 3.16. The first kappa shape index (κ1) is 16.4. The van der Waals surface area contributed by atoms with E-state index in [0.717, 1.165) is 18.5 Å². The van der Waals surface area contributed by atoms with Crippen LogP contribution in [0.5, 0.6) is 0 Å². The maximum absolute atomic E-state index is 12.7. The van der Waals surface area contributed by atoms with Crippen LogP contribution in [0.15, 0.2) is 36.4 Å². The standard InChI is InChI=1S/C19H23N3O2/c1-13(2)16-12-17(21-20-16)19(24)22-10-6-9-15(22)11-18(23)14-7-4-3-5-8-14/h3-5,7-8,12-13,15H,6,9-11H2,1-2H3,(H,20,21)/t15-/m0/s1. The third-order valence-electron chi connectivity index (χ3n) is 4.59. The van der Waals surface area contributed by atoms with Crippen molar-refractivity contribution in [3.05, 3.63) is 53.3 Å². The van der Waals surface area contributed by atoms with Gasteiger partial charge in [-0.3, -0.25) is 14.7 Å². The number of carbonyl (C=O) groups is 2. The van der Waals surface area contributed by atoms with Gasteiger partial charge in [0.25, 0.3) is 5.91 Å². The van der Waals surface area contributed by atoms with E-state index >= 15 is 0 Å². The van der Waals surface area contributed by atoms with Crippen LogP contribution in [0.2, 0.25) is 0 Å². The third-order valence-corrected chi connectivity index (χ3v) is 4.59. The van der Waals surface area contributed by atoms with Crippen LogP contribution in [0.25, 0.3) is 0 Å². The van der Waals surface area contributed by atoms with Crippen LogP contribution in [-0.4, -0.2) is 39.4 Å². The molecule has 1 aliphatic heterocycles. The molecule has 126 valence electrons. The number of ketones is 1. The van der Waals surface area contributed by atoms with Crippen LogP contribution >= 0.6 is 0 Å². The molecule has 24 heavy (non-hydrogen) atoms. The lowest BCUT2D eigenvalue weighted by molar-refractivity contribution is 0.0711. The van der Waals surface area contributed by atoms with E-state index in [0.29, 0.717) is 30.1 Å². The molecule has 0 saturated carbocycles. The number of aromatic amines is 1. The summed E-state index contributed by atoms with van der Waals surface area (Å²) in [5, 5.41) is 7.08. The molecule has 1 aromatic heterocycles. The van der Waals surface area contributed by atoms with Crippen molar-refractivity contribution in [2.45, 2.75) is 45.1 Å². The summed E-state index contributed by atoms with van der Waals surface area (Å²) in [5.74, 6) is 0.305. The monoisotopic (exact) mass is 325 g/mol. The van der Waals surface area contributed by atoms with E-state index in [1.807, 2.05) is 36.4 Å². The van der Waals surface area contributed by atoms with E-state index < -0.39 is 0 Å². The largest absolute Gasteiger partial charge is 0.334 e. The number of rotatable bonds is 5. The molecule has 5 nitrogen and oxygen atoms in total. The van der Waals surface area contributed by atoms with Gasteiger partial charge in [0.1, 0.15) is 5.69 Å². The zero-order chi connectivity index (χ0) is 17.1. The van der Waals surface area contributed by atoms with Gasteiger partial charge in [-0.2, -0.15) is 5.10 Å². The minimum atomic E-state index is -0.0819. The van der Waals surface area contributed by atoms with Crippen molar-refractivity contribution in [3.63, 3.8) is 0 Å². The maximum Gasteiger partial charge on any atom is 0.274 e. The van der Waals surface area contributed by atoms with Gasteiger partial charge in [-0.05, 0) is 24.8 Å². The van der Waals surface area contributed by atoms with Crippen LogP contribution in [0.1, 0.15) is 65.6 Å². The third kappa shape index (κ3) is 3.40. The predicted octanol–water partition coefficient (Wildman–Crippen LogP) is 3.41. The Hall–Kier alpha value is -2.43. The number of likely N-dealkylation sites (tertiary alicyclic amines) is 1. The molecule has 0 unspecified atom stereocenters. The molecule has 1 saturated heterocycles. The Morgan fingerprint density at radius 1 is 1.29 bits per heavy atom. The van der Waals surface area contributed by atoms with Crippen molar-refractivity contribution in [1.82, 2.24) is 15.1 Å². The fourth-order valence-corrected chi connectivity index (χ4v) is 3.16. The Labute approximate surface area is 142 Å². The second kappa shape index (κ2) is 6.99. The molecule has 1 atom stereocenters. The van der Waals surface area contributed by atoms with Gasteiger partial charge < -0.3 is 4.90 Å². The average molecular weight is 325 g/mol. The molecule has 1 amide bonds. The average Bonchev–Trinajstić information content (AvgIpc) is 3.24. The zero-order valence-electron chi connectivity index (χ0n) is 14.2. The fraction of sp³-hybridized carbons (Fsp3) is 0.421. The van der Waals surface area contributed by atoms with Crippen molar-refractivity contribution in [2.75, 3.05) is 6.54 Å². The summed E-state index contributed by atoms with van der Waals surface area (Å²) in [6.07, 6.45) is 2.17. The van der Waals surface area contributed by atoms with Gasteiger partial charge in [0.15, 0.2) is 5.78 Å². The molecule has 0 aliphatic carbocycles. The molecule has 1 N–H and O–H groups in total. The molecule has 2 aromatic rings. The van der Waals surface area contributed by atoms with Gasteiger partial charge >= 0.3 is 0 Å². The normalized spacial score (nSPS) is 17.5. The van der Waals surface area contributed by atoms with Gasteiger partial charge in [0.05, 0.1) is 0 Å². The minimum Gasteiger partial charge on any atom is -0.334 e. The van der Waals surface area contributed by atoms with Crippen LogP contribution in [-0.2, 0) is 0 Å². The van der Waals surface area contributed by atoms with Crippen LogP contribution < -0.4 is 0 Å². The lowest BCUT2D eigenvalue weighted by Gasteiger charge is -2.23. The highest BCUT2D eigenvalue weighted by Gasteiger charge is 2.32. The van der Waals surface area contributed by atoms with Crippen molar-refractivity contribution in [3.8, 4) is 0 Å². The number of carbonyl (C=O) groups excluding carboxylic acids is 2. The van der Waals surface area contributed by atoms with Crippen LogP contribution in [0.3, 0.4) is 0 Å². The SMILES string of the molecule is CC(C)c1cc(C(=O)N2CCC[C@H]2CC(=O)c2ccccc2)n[nH]1. The Bertz CT molecular complexity index is 721. The Morgan fingerprint density at radius 3 is 2.71 bits per heavy atom. The van der Waals surface area contributed by atoms with E-state index in [9.17, 15) is 9.59 Å². The van der Waals surface area contributed by atoms with E-state index in [2.05, 4.69) is 24.0 Å². The summed E-state index contributed by atoms with van der Waals surface area (Å²) in [6, 6.07) is 11.1. The van der Waals surface area contributed by atoms with Gasteiger partial charge in [0, 0.05) is 30.3 Å². The second-order valence-electron chi connectivity index (χ2n) is 6.65. The van der Waals surface area contributed by atoms with E-state index in [4.69, 9.17) is 0 Å². The minimum absolute atomic E-state index is 0.0376. The lowest BCUT2D eigenvalue weighted by Crippen LogP contribution is -2.37. The number of hydrogen-bond acceptors (Lipinski definition) is 3. The summed E-state index contributed by atoms with van der Waals surface area (Å²) < 4.78 is 0. The summed E-state index contributed by atoms with van der Waals surface area (Å²) in [7, 11) is 0. The van der Waals surface area contributed by atoms with Gasteiger partial charge in [-0.1, -0.05) is 44.2 Å². The number of H-pyrrole nitrogens is 1. The van der Waals surface area contributed by atoms with Gasteiger partial charge in [0.2, 0.25) is 0 Å². The molecule has 0 spiro atoms. The molecule has 5 heteroatoms. The molecule has 0 radical (unpaired) electrons. The number of Topliss-reactive ketones (excluding diaryl/α,β-unsaturated/α-hetero) is 1. The maximum atomic E-state index is 12.7. The smallest absolute Gasteiger partial charge is 0.274 e. The number of hydrogen-bond donors (Lipinski definition) is 1. The Morgan fingerprint density at radius 2 is 2.04 bits per heavy atom. The van der Waals surface area contributed by atoms with Crippen molar-refractivity contribution < 1.29 is 9.59 Å². The Balaban J connectivity index is 1.70. The second-order valence-corrected chi connectivity index (χ2v) is 6.65. The topological polar surface area (TPSA) is 66.1 Å². The summed E-state index contributed by atoms with van der Waals surface area (Å²) >= 11 is 0. The van der Waals surface area contributed by atoms with Crippen molar-refractivity contribution in [2.24, 2.45) is 0 Å². The number of nitrogens with zero attached hydrogens (tertiary/aromatic N) is 2. The molecular weight excluding hydrogens is 302 g/mol. The molecule has 2 heterocycles. The highest BCUT2D eigenvalue weighted by molar-refractivity contribution is 5.97. The van der Waals surface area contributed by atoms with Crippen LogP contribution in [0.4, 0.5) is 0 Å². The highest BCUT2D eigenvalue weighted by Crippen LogP contribution is 2.24. The quantitative estimate of drug-likeness (QED) is 0.857. The predicted molar refractivity (Wildman–Crippen MR) is 92.1 cm³/mol. The van der Waals surface area contributed by atoms with Crippen LogP contribution in [0, 0.1) is 0 Å². The molecular formula is C19H23N3O2. The lowest BCUT2D eigenvalue weighted by atomic mass is 10.0. The Kier molecular flexibility index (Phi) is 4.79. The number of benzene rings is 1. The number of aromatic nitrogens is 2. The van der Waals surface area contributed by atoms with Gasteiger partial charge in [-0.25, -0.2) is 0 Å². The molecule has 1 aromatic carbocycles. The number of nitrogens with one attached hydrogen (secondary N) is 1. The molecule has 1 aliphatic rings. The summed E-state index contributed by atoms with van der Waals surface area (Å²) in [5.41, 5.74) is 2.10. The molecule has 0 bridgehead atoms. The molecule has 3 rings (SSSR count). The van der Waals surface area contributed by atoms with E-state index in [1.54, 1.807) is 4.90 Å². The first-order valence-electron chi connectivity index (χ1n) is 8.50. The summed E-state index contributed by atoms with van der Waals surface area (Å²) in [4.78, 5) is 27.0. The summed E-state index contributed by atoms with van der Waals surface area (Å²) in [6.45, 7) is 4.80. The first-order chi connectivity index (χ1) is 11.6. The van der Waals surface area contributed by atoms with E-state index in [-0.39, 0.29) is 17.7 Å². The van der Waals surface area contributed by atoms with Crippen molar-refractivity contribution >= 4 is 11.7 Å². The van der Waals surface area contributed by atoms with Gasteiger partial charge in [-0.15, -0.1) is 0 Å². The van der Waals surface area contributed by atoms with Crippen molar-refractivity contribution in [1.29, 1.82) is 0 Å².